The molecule has 0 aliphatic carbocycles. The zero-order valence-electron chi connectivity index (χ0n) is 32.8. The number of carbonyl (C=O) groups is 5. The highest BCUT2D eigenvalue weighted by Gasteiger charge is 2.51. The molecule has 0 unspecified atom stereocenters. The molecule has 1 N–H and O–H groups in total. The molecule has 6 rings (SSSR count). The Labute approximate surface area is 337 Å². The standard InChI is InChI=1S/C42H48N6O9S/c1-5-20-46-27-39(51)47-36(23-31-14-17-33(18-15-31)57-58(54,55)28-40(52)56-22-21-44(3)4)42(53)45(25-32-12-9-13-34-35(29(2)49)24-43-41(32)34)26-37(47)48(46)38(50)19-16-30-10-7-6-8-11-30/h5-15,17-18,24,36-37,43H,1,16,19-23,25-28H2,2-4H3/t36-,37-/m0/s1. The first-order chi connectivity index (χ1) is 27.7. The summed E-state index contributed by atoms with van der Waals surface area (Å²) in [4.78, 5) is 75.6. The normalized spacial score (nSPS) is 17.4. The molecule has 58 heavy (non-hydrogen) atoms. The number of aromatic nitrogens is 1. The molecule has 0 radical (unpaired) electrons. The molecule has 0 bridgehead atoms. The van der Waals surface area contributed by atoms with E-state index in [2.05, 4.69) is 11.6 Å². The molecule has 0 spiro atoms. The number of hydrazine groups is 1. The largest absolute Gasteiger partial charge is 0.463 e. The molecule has 3 heterocycles. The Morgan fingerprint density at radius 1 is 0.983 bits per heavy atom. The van der Waals surface area contributed by atoms with Gasteiger partial charge in [-0.05, 0) is 56.3 Å². The van der Waals surface area contributed by atoms with Crippen molar-refractivity contribution in [2.24, 2.45) is 0 Å². The van der Waals surface area contributed by atoms with Crippen molar-refractivity contribution in [3.63, 3.8) is 0 Å². The second kappa shape index (κ2) is 18.2. The number of nitrogens with one attached hydrogen (secondary N) is 1. The van der Waals surface area contributed by atoms with Crippen LogP contribution < -0.4 is 4.18 Å². The molecule has 3 amide bonds. The Morgan fingerprint density at radius 2 is 1.72 bits per heavy atom. The summed E-state index contributed by atoms with van der Waals surface area (Å²) in [7, 11) is -0.749. The van der Waals surface area contributed by atoms with E-state index in [-0.39, 0.29) is 74.9 Å². The maximum Gasteiger partial charge on any atom is 0.324 e. The molecule has 2 aliphatic rings. The number of aromatic amines is 1. The molecule has 16 heteroatoms. The number of hydrogen-bond acceptors (Lipinski definition) is 11. The van der Waals surface area contributed by atoms with Crippen LogP contribution in [-0.2, 0) is 53.4 Å². The van der Waals surface area contributed by atoms with Gasteiger partial charge in [0, 0.05) is 49.6 Å². The summed E-state index contributed by atoms with van der Waals surface area (Å²) in [6.07, 6.45) is 3.09. The first-order valence-electron chi connectivity index (χ1n) is 19.0. The Morgan fingerprint density at radius 3 is 2.41 bits per heavy atom. The van der Waals surface area contributed by atoms with Gasteiger partial charge >= 0.3 is 16.1 Å². The molecule has 15 nitrogen and oxygen atoms in total. The van der Waals surface area contributed by atoms with Gasteiger partial charge in [0.2, 0.25) is 17.7 Å². The molecule has 2 aliphatic heterocycles. The van der Waals surface area contributed by atoms with Gasteiger partial charge in [-0.15, -0.1) is 6.58 Å². The third kappa shape index (κ3) is 9.81. The van der Waals surface area contributed by atoms with Crippen LogP contribution in [0.15, 0.2) is 91.6 Å². The number of piperazine rings is 1. The van der Waals surface area contributed by atoms with Crippen molar-refractivity contribution in [2.75, 3.05) is 52.6 Å². The van der Waals surface area contributed by atoms with E-state index in [0.29, 0.717) is 29.6 Å². The van der Waals surface area contributed by atoms with Gasteiger partial charge in [0.1, 0.15) is 24.6 Å². The lowest BCUT2D eigenvalue weighted by molar-refractivity contribution is -0.205. The van der Waals surface area contributed by atoms with Crippen LogP contribution >= 0.6 is 0 Å². The van der Waals surface area contributed by atoms with Gasteiger partial charge in [0.25, 0.3) is 0 Å². The first kappa shape index (κ1) is 41.8. The van der Waals surface area contributed by atoms with Gasteiger partial charge in [0.15, 0.2) is 11.5 Å². The van der Waals surface area contributed by atoms with Gasteiger partial charge in [-0.2, -0.15) is 8.42 Å². The van der Waals surface area contributed by atoms with Crippen molar-refractivity contribution in [3.8, 4) is 5.75 Å². The number of H-pyrrole nitrogens is 1. The summed E-state index contributed by atoms with van der Waals surface area (Å²) < 4.78 is 35.5. The zero-order valence-corrected chi connectivity index (χ0v) is 33.7. The minimum Gasteiger partial charge on any atom is -0.463 e. The molecule has 306 valence electrons. The van der Waals surface area contributed by atoms with Crippen molar-refractivity contribution in [1.82, 2.24) is 29.7 Å². The highest BCUT2D eigenvalue weighted by molar-refractivity contribution is 7.87. The highest BCUT2D eigenvalue weighted by atomic mass is 32.2. The van der Waals surface area contributed by atoms with Crippen LogP contribution in [-0.4, -0.2) is 132 Å². The van der Waals surface area contributed by atoms with Crippen molar-refractivity contribution in [3.05, 3.63) is 114 Å². The molecule has 2 fully saturated rings. The maximum atomic E-state index is 14.6. The third-order valence-corrected chi connectivity index (χ3v) is 11.1. The van der Waals surface area contributed by atoms with E-state index in [4.69, 9.17) is 8.92 Å². The first-order valence-corrected chi connectivity index (χ1v) is 20.6. The number of benzene rings is 3. The Hall–Kier alpha value is -5.84. The van der Waals surface area contributed by atoms with Crippen molar-refractivity contribution >= 4 is 50.5 Å². The van der Waals surface area contributed by atoms with E-state index in [0.717, 1.165) is 16.5 Å². The second-order valence-electron chi connectivity index (χ2n) is 14.6. The molecule has 2 atom stereocenters. The lowest BCUT2D eigenvalue weighted by atomic mass is 9.97. The van der Waals surface area contributed by atoms with E-state index in [1.807, 2.05) is 48.5 Å². The molecule has 3 aromatic carbocycles. The van der Waals surface area contributed by atoms with E-state index in [1.165, 1.54) is 24.0 Å². The third-order valence-electron chi connectivity index (χ3n) is 10.1. The van der Waals surface area contributed by atoms with Gasteiger partial charge in [-0.3, -0.25) is 24.0 Å². The van der Waals surface area contributed by atoms with Crippen LogP contribution in [0.25, 0.3) is 10.9 Å². The highest BCUT2D eigenvalue weighted by Crippen LogP contribution is 2.32. The second-order valence-corrected chi connectivity index (χ2v) is 16.2. The minimum atomic E-state index is -4.33. The number of hydrogen-bond donors (Lipinski definition) is 1. The summed E-state index contributed by atoms with van der Waals surface area (Å²) in [5.41, 5.74) is 3.56. The average Bonchev–Trinajstić information content (AvgIpc) is 3.62. The van der Waals surface area contributed by atoms with Crippen LogP contribution in [0.3, 0.4) is 0 Å². The molecule has 2 saturated heterocycles. The summed E-state index contributed by atoms with van der Waals surface area (Å²) in [6, 6.07) is 20.1. The Balaban J connectivity index is 1.29. The number of fused-ring (bicyclic) bond motifs is 2. The fraction of sp³-hybridized carbons (Fsp3) is 0.357. The van der Waals surface area contributed by atoms with Gasteiger partial charge in [-0.1, -0.05) is 66.7 Å². The Kier molecular flexibility index (Phi) is 13.1. The number of nitrogens with zero attached hydrogens (tertiary/aromatic N) is 5. The topological polar surface area (TPSA) is 170 Å². The average molecular weight is 813 g/mol. The van der Waals surface area contributed by atoms with E-state index < -0.39 is 34.0 Å². The molecular formula is C42H48N6O9S. The zero-order chi connectivity index (χ0) is 41.6. The molecular weight excluding hydrogens is 765 g/mol. The fourth-order valence-electron chi connectivity index (χ4n) is 7.37. The van der Waals surface area contributed by atoms with E-state index in [9.17, 15) is 32.4 Å². The molecule has 4 aromatic rings. The smallest absolute Gasteiger partial charge is 0.324 e. The number of esters is 1. The van der Waals surface area contributed by atoms with E-state index >= 15 is 0 Å². The predicted molar refractivity (Wildman–Crippen MR) is 216 cm³/mol. The van der Waals surface area contributed by atoms with Crippen LogP contribution in [0.5, 0.6) is 5.75 Å². The van der Waals surface area contributed by atoms with Crippen molar-refractivity contribution < 1.29 is 41.3 Å². The number of likely N-dealkylation sites (N-methyl/N-ethyl adjacent to an activating group) is 1. The fourth-order valence-corrected chi connectivity index (χ4v) is 8.20. The molecule has 1 aromatic heterocycles. The van der Waals surface area contributed by atoms with Crippen molar-refractivity contribution in [2.45, 2.75) is 44.9 Å². The summed E-state index contributed by atoms with van der Waals surface area (Å²) in [5.74, 6) is -2.96. The minimum absolute atomic E-state index is 0.0185. The number of carbonyl (C=O) groups excluding carboxylic acids is 5. The number of Topliss-reactive ketones (excluding diaryl/α,β-unsaturated/α-hetero) is 1. The lowest BCUT2D eigenvalue weighted by Crippen LogP contribution is -2.75. The molecule has 0 saturated carbocycles. The number of rotatable bonds is 17. The quantitative estimate of drug-likeness (QED) is 0.0720. The van der Waals surface area contributed by atoms with Crippen molar-refractivity contribution in [1.29, 1.82) is 0 Å². The monoisotopic (exact) mass is 812 g/mol. The summed E-state index contributed by atoms with van der Waals surface area (Å²) >= 11 is 0. The maximum absolute atomic E-state index is 14.6. The van der Waals surface area contributed by atoms with Gasteiger partial charge < -0.3 is 28.6 Å². The summed E-state index contributed by atoms with van der Waals surface area (Å²) in [5, 5.41) is 3.99. The van der Waals surface area contributed by atoms with Crippen LogP contribution in [0, 0.1) is 0 Å². The van der Waals surface area contributed by atoms with Gasteiger partial charge in [0.05, 0.1) is 18.6 Å². The van der Waals surface area contributed by atoms with Crippen LogP contribution in [0.4, 0.5) is 0 Å². The predicted octanol–water partition coefficient (Wildman–Crippen LogP) is 3.17. The number of ketones is 1. The van der Waals surface area contributed by atoms with Crippen LogP contribution in [0.1, 0.15) is 40.4 Å². The number of ether oxygens (including phenoxy) is 1. The number of para-hydroxylation sites is 1. The Bertz CT molecular complexity index is 2280. The van der Waals surface area contributed by atoms with Gasteiger partial charge in [-0.25, -0.2) is 10.0 Å². The summed E-state index contributed by atoms with van der Waals surface area (Å²) in [6.45, 7) is 6.02. The SMILES string of the molecule is C=CCN1CC(=O)N2[C@@H](Cc3ccc(OS(=O)(=O)CC(=O)OCCN(C)C)cc3)C(=O)N(Cc3cccc4c(C(C)=O)c[nH]c34)C[C@@H]2N1C(=O)CCc1ccccc1. The van der Waals surface area contributed by atoms with E-state index in [1.54, 1.807) is 58.3 Å². The van der Waals surface area contributed by atoms with Crippen LogP contribution in [0.2, 0.25) is 0 Å². The number of amides is 3. The lowest BCUT2D eigenvalue weighted by Gasteiger charge is -2.55. The number of aryl methyl sites for hydroxylation is 1.